The molecule has 4 heteroatoms. The van der Waals surface area contributed by atoms with Gasteiger partial charge in [0.15, 0.2) is 0 Å². The van der Waals surface area contributed by atoms with Gasteiger partial charge < -0.3 is 4.90 Å². The molecular formula is C18H23N3O. The van der Waals surface area contributed by atoms with Crippen molar-refractivity contribution in [1.29, 1.82) is 0 Å². The van der Waals surface area contributed by atoms with E-state index in [2.05, 4.69) is 30.4 Å². The molecule has 1 aromatic heterocycles. The maximum atomic E-state index is 12.6. The number of nitrogens with zero attached hydrogens (tertiary/aromatic N) is 3. The third-order valence-corrected chi connectivity index (χ3v) is 4.41. The Morgan fingerprint density at radius 2 is 2.27 bits per heavy atom. The van der Waals surface area contributed by atoms with Crippen LogP contribution in [0.25, 0.3) is 0 Å². The minimum Gasteiger partial charge on any atom is -0.342 e. The van der Waals surface area contributed by atoms with Gasteiger partial charge in [-0.2, -0.15) is 5.10 Å². The van der Waals surface area contributed by atoms with E-state index in [0.717, 1.165) is 31.5 Å². The quantitative estimate of drug-likeness (QED) is 0.873. The minimum atomic E-state index is 0.235. The summed E-state index contributed by atoms with van der Waals surface area (Å²) in [5, 5.41) is 4.25. The van der Waals surface area contributed by atoms with Gasteiger partial charge in [0.1, 0.15) is 0 Å². The van der Waals surface area contributed by atoms with Crippen molar-refractivity contribution < 1.29 is 4.79 Å². The van der Waals surface area contributed by atoms with Gasteiger partial charge in [-0.1, -0.05) is 29.8 Å². The van der Waals surface area contributed by atoms with Crippen LogP contribution in [-0.2, 0) is 18.3 Å². The molecule has 0 radical (unpaired) electrons. The Hall–Kier alpha value is -2.10. The molecule has 0 bridgehead atoms. The summed E-state index contributed by atoms with van der Waals surface area (Å²) >= 11 is 0. The zero-order valence-corrected chi connectivity index (χ0v) is 13.3. The van der Waals surface area contributed by atoms with E-state index < -0.39 is 0 Å². The van der Waals surface area contributed by atoms with Crippen molar-refractivity contribution in [1.82, 2.24) is 14.7 Å². The maximum Gasteiger partial charge on any atom is 0.227 e. The standard InChI is InChI=1S/C18H23N3O/c1-14-5-3-6-15(9-14)10-18(22)21-8-4-7-16(13-21)17-11-19-20(2)12-17/h3,5-6,9,11-12,16H,4,7-8,10,13H2,1-2H3. The van der Waals surface area contributed by atoms with Gasteiger partial charge in [0.25, 0.3) is 0 Å². The van der Waals surface area contributed by atoms with E-state index in [1.807, 2.05) is 35.0 Å². The van der Waals surface area contributed by atoms with E-state index in [1.165, 1.54) is 11.1 Å². The van der Waals surface area contributed by atoms with Crippen LogP contribution in [0.3, 0.4) is 0 Å². The second kappa shape index (κ2) is 6.34. The second-order valence-corrected chi connectivity index (χ2v) is 6.29. The Morgan fingerprint density at radius 1 is 1.41 bits per heavy atom. The minimum absolute atomic E-state index is 0.235. The maximum absolute atomic E-state index is 12.6. The molecule has 1 atom stereocenters. The van der Waals surface area contributed by atoms with Crippen LogP contribution in [-0.4, -0.2) is 33.7 Å². The lowest BCUT2D eigenvalue weighted by Gasteiger charge is -2.32. The van der Waals surface area contributed by atoms with Crippen molar-refractivity contribution in [2.75, 3.05) is 13.1 Å². The Kier molecular flexibility index (Phi) is 4.27. The highest BCUT2D eigenvalue weighted by molar-refractivity contribution is 5.79. The molecule has 1 amide bonds. The summed E-state index contributed by atoms with van der Waals surface area (Å²) in [6.07, 6.45) is 6.71. The van der Waals surface area contributed by atoms with Crippen molar-refractivity contribution in [3.8, 4) is 0 Å². The van der Waals surface area contributed by atoms with Crippen LogP contribution in [0.15, 0.2) is 36.7 Å². The Morgan fingerprint density at radius 3 is 3.00 bits per heavy atom. The zero-order chi connectivity index (χ0) is 15.5. The molecule has 116 valence electrons. The highest BCUT2D eigenvalue weighted by Crippen LogP contribution is 2.26. The number of aromatic nitrogens is 2. The molecule has 1 aromatic carbocycles. The molecule has 1 unspecified atom stereocenters. The molecule has 0 aliphatic carbocycles. The van der Waals surface area contributed by atoms with E-state index in [0.29, 0.717) is 12.3 Å². The summed E-state index contributed by atoms with van der Waals surface area (Å²) in [5.41, 5.74) is 3.56. The molecular weight excluding hydrogens is 274 g/mol. The largest absolute Gasteiger partial charge is 0.342 e. The highest BCUT2D eigenvalue weighted by Gasteiger charge is 2.25. The first-order valence-electron chi connectivity index (χ1n) is 7.93. The SMILES string of the molecule is Cc1cccc(CC(=O)N2CCCC(c3cnn(C)c3)C2)c1. The van der Waals surface area contributed by atoms with E-state index in [-0.39, 0.29) is 5.91 Å². The number of amides is 1. The van der Waals surface area contributed by atoms with Gasteiger partial charge in [-0.25, -0.2) is 0 Å². The topological polar surface area (TPSA) is 38.1 Å². The Labute approximate surface area is 131 Å². The molecule has 4 nitrogen and oxygen atoms in total. The third-order valence-electron chi connectivity index (χ3n) is 4.41. The average Bonchev–Trinajstić information content (AvgIpc) is 2.94. The summed E-state index contributed by atoms with van der Waals surface area (Å²) in [7, 11) is 1.94. The van der Waals surface area contributed by atoms with Gasteiger partial charge >= 0.3 is 0 Å². The molecule has 0 N–H and O–H groups in total. The van der Waals surface area contributed by atoms with Crippen LogP contribution < -0.4 is 0 Å². The van der Waals surface area contributed by atoms with Crippen LogP contribution in [0.1, 0.15) is 35.4 Å². The first-order valence-corrected chi connectivity index (χ1v) is 7.93. The van der Waals surface area contributed by atoms with E-state index in [9.17, 15) is 4.79 Å². The number of hydrogen-bond acceptors (Lipinski definition) is 2. The molecule has 3 rings (SSSR count). The van der Waals surface area contributed by atoms with Gasteiger partial charge in [-0.3, -0.25) is 9.48 Å². The molecule has 1 saturated heterocycles. The number of carbonyl (C=O) groups is 1. The van der Waals surface area contributed by atoms with Crippen LogP contribution in [0.5, 0.6) is 0 Å². The molecule has 1 aliphatic heterocycles. The van der Waals surface area contributed by atoms with Crippen molar-refractivity contribution >= 4 is 5.91 Å². The molecule has 2 heterocycles. The molecule has 1 fully saturated rings. The van der Waals surface area contributed by atoms with Gasteiger partial charge in [0.2, 0.25) is 5.91 Å². The molecule has 2 aromatic rings. The van der Waals surface area contributed by atoms with E-state index in [4.69, 9.17) is 0 Å². The third kappa shape index (κ3) is 3.38. The van der Waals surface area contributed by atoms with Crippen LogP contribution in [0.4, 0.5) is 0 Å². The predicted molar refractivity (Wildman–Crippen MR) is 86.6 cm³/mol. The number of piperidine rings is 1. The van der Waals surface area contributed by atoms with Gasteiger partial charge in [0.05, 0.1) is 12.6 Å². The van der Waals surface area contributed by atoms with E-state index >= 15 is 0 Å². The zero-order valence-electron chi connectivity index (χ0n) is 13.3. The lowest BCUT2D eigenvalue weighted by molar-refractivity contribution is -0.131. The molecule has 1 aliphatic rings. The summed E-state index contributed by atoms with van der Waals surface area (Å²) in [4.78, 5) is 14.6. The fourth-order valence-corrected chi connectivity index (χ4v) is 3.24. The first kappa shape index (κ1) is 14.8. The lowest BCUT2D eigenvalue weighted by atomic mass is 9.92. The second-order valence-electron chi connectivity index (χ2n) is 6.29. The van der Waals surface area contributed by atoms with E-state index in [1.54, 1.807) is 0 Å². The summed E-state index contributed by atoms with van der Waals surface area (Å²) in [6, 6.07) is 8.22. The number of carbonyl (C=O) groups excluding carboxylic acids is 1. The number of rotatable bonds is 3. The highest BCUT2D eigenvalue weighted by atomic mass is 16.2. The van der Waals surface area contributed by atoms with Gasteiger partial charge in [-0.15, -0.1) is 0 Å². The summed E-state index contributed by atoms with van der Waals surface area (Å²) in [6.45, 7) is 3.76. The molecule has 0 saturated carbocycles. The summed E-state index contributed by atoms with van der Waals surface area (Å²) in [5.74, 6) is 0.656. The van der Waals surface area contributed by atoms with Crippen LogP contribution in [0, 0.1) is 6.92 Å². The first-order chi connectivity index (χ1) is 10.6. The monoisotopic (exact) mass is 297 g/mol. The average molecular weight is 297 g/mol. The van der Waals surface area contributed by atoms with Crippen molar-refractivity contribution in [2.45, 2.75) is 32.1 Å². The fraction of sp³-hybridized carbons (Fsp3) is 0.444. The smallest absolute Gasteiger partial charge is 0.227 e. The van der Waals surface area contributed by atoms with Crippen molar-refractivity contribution in [3.05, 3.63) is 53.3 Å². The Bertz CT molecular complexity index is 662. The molecule has 0 spiro atoms. The number of hydrogen-bond donors (Lipinski definition) is 0. The number of benzene rings is 1. The molecule has 22 heavy (non-hydrogen) atoms. The normalized spacial score (nSPS) is 18.5. The van der Waals surface area contributed by atoms with Gasteiger partial charge in [-0.05, 0) is 30.9 Å². The number of likely N-dealkylation sites (tertiary alicyclic amines) is 1. The van der Waals surface area contributed by atoms with Crippen molar-refractivity contribution in [3.63, 3.8) is 0 Å². The summed E-state index contributed by atoms with van der Waals surface area (Å²) < 4.78 is 1.84. The Balaban J connectivity index is 1.65. The predicted octanol–water partition coefficient (Wildman–Crippen LogP) is 2.68. The van der Waals surface area contributed by atoms with Crippen molar-refractivity contribution in [2.24, 2.45) is 7.05 Å². The van der Waals surface area contributed by atoms with Crippen LogP contribution >= 0.6 is 0 Å². The fourth-order valence-electron chi connectivity index (χ4n) is 3.24. The van der Waals surface area contributed by atoms with Crippen LogP contribution in [0.2, 0.25) is 0 Å². The number of aryl methyl sites for hydroxylation is 2. The lowest BCUT2D eigenvalue weighted by Crippen LogP contribution is -2.39. The van der Waals surface area contributed by atoms with Gasteiger partial charge in [0, 0.05) is 32.3 Å².